The fourth-order valence-corrected chi connectivity index (χ4v) is 2.81. The van der Waals surface area contributed by atoms with E-state index in [1.165, 1.54) is 22.5 Å². The van der Waals surface area contributed by atoms with E-state index in [-0.39, 0.29) is 5.41 Å². The van der Waals surface area contributed by atoms with Gasteiger partial charge < -0.3 is 4.74 Å². The predicted octanol–water partition coefficient (Wildman–Crippen LogP) is 5.30. The second-order valence-electron chi connectivity index (χ2n) is 5.29. The van der Waals surface area contributed by atoms with E-state index >= 15 is 0 Å². The lowest BCUT2D eigenvalue weighted by Crippen LogP contribution is -2.12. The molecule has 0 unspecified atom stereocenters. The molecule has 0 aliphatic carbocycles. The summed E-state index contributed by atoms with van der Waals surface area (Å²) in [5.41, 5.74) is 2.44. The van der Waals surface area contributed by atoms with Crippen LogP contribution in [0, 0.1) is 6.92 Å². The molecule has 0 saturated heterocycles. The van der Waals surface area contributed by atoms with Crippen LogP contribution in [-0.4, -0.2) is 4.98 Å². The van der Waals surface area contributed by atoms with Crippen molar-refractivity contribution in [1.29, 1.82) is 0 Å². The summed E-state index contributed by atoms with van der Waals surface area (Å²) in [6.07, 6.45) is 0. The maximum Gasteiger partial charge on any atom is 0.279 e. The molecule has 2 nitrogen and oxygen atoms in total. The normalized spacial score (nSPS) is 11.6. The predicted molar refractivity (Wildman–Crippen MR) is 79.8 cm³/mol. The second kappa shape index (κ2) is 5.02. The molecular formula is C14H16BrNOS. The Labute approximate surface area is 120 Å². The lowest BCUT2D eigenvalue weighted by molar-refractivity contribution is 0.451. The molecule has 0 fully saturated rings. The van der Waals surface area contributed by atoms with Crippen LogP contribution in [-0.2, 0) is 5.41 Å². The van der Waals surface area contributed by atoms with Gasteiger partial charge in [0.25, 0.3) is 5.19 Å². The zero-order valence-corrected chi connectivity index (χ0v) is 13.4. The number of ether oxygens (including phenoxy) is 1. The van der Waals surface area contributed by atoms with E-state index in [0.29, 0.717) is 5.19 Å². The molecule has 0 aliphatic heterocycles. The van der Waals surface area contributed by atoms with Gasteiger partial charge in [-0.15, -0.1) is 0 Å². The third-order valence-corrected chi connectivity index (χ3v) is 4.02. The van der Waals surface area contributed by atoms with Crippen LogP contribution in [0.1, 0.15) is 31.9 Å². The van der Waals surface area contributed by atoms with E-state index in [9.17, 15) is 0 Å². The average Bonchev–Trinajstić information content (AvgIpc) is 2.62. The van der Waals surface area contributed by atoms with Gasteiger partial charge in [0.2, 0.25) is 0 Å². The van der Waals surface area contributed by atoms with E-state index in [1.54, 1.807) is 0 Å². The molecule has 0 bridgehead atoms. The molecule has 2 rings (SSSR count). The van der Waals surface area contributed by atoms with Gasteiger partial charge in [-0.25, -0.2) is 0 Å². The molecule has 18 heavy (non-hydrogen) atoms. The van der Waals surface area contributed by atoms with Crippen LogP contribution in [0.5, 0.6) is 10.9 Å². The topological polar surface area (TPSA) is 22.1 Å². The fourth-order valence-electron chi connectivity index (χ4n) is 1.71. The summed E-state index contributed by atoms with van der Waals surface area (Å²) >= 11 is 4.83. The fraction of sp³-hybridized carbons (Fsp3) is 0.357. The van der Waals surface area contributed by atoms with Crippen molar-refractivity contribution in [3.8, 4) is 10.9 Å². The first kappa shape index (κ1) is 13.6. The zero-order chi connectivity index (χ0) is 13.3. The van der Waals surface area contributed by atoms with E-state index in [1.807, 2.05) is 5.38 Å². The quantitative estimate of drug-likeness (QED) is 0.747. The molecule has 0 amide bonds. The molecule has 4 heteroatoms. The average molecular weight is 326 g/mol. The van der Waals surface area contributed by atoms with Crippen molar-refractivity contribution in [1.82, 2.24) is 4.98 Å². The highest BCUT2D eigenvalue weighted by atomic mass is 79.9. The first-order chi connectivity index (χ1) is 8.36. The molecule has 1 heterocycles. The summed E-state index contributed by atoms with van der Waals surface area (Å²) in [7, 11) is 0. The molecular weight excluding hydrogens is 310 g/mol. The highest BCUT2D eigenvalue weighted by molar-refractivity contribution is 9.10. The van der Waals surface area contributed by atoms with Crippen molar-refractivity contribution in [2.24, 2.45) is 0 Å². The van der Waals surface area contributed by atoms with Crippen LogP contribution in [0.3, 0.4) is 0 Å². The first-order valence-electron chi connectivity index (χ1n) is 5.76. The van der Waals surface area contributed by atoms with Crippen molar-refractivity contribution < 1.29 is 4.74 Å². The van der Waals surface area contributed by atoms with Gasteiger partial charge in [-0.1, -0.05) is 44.2 Å². The Hall–Kier alpha value is -0.870. The van der Waals surface area contributed by atoms with Crippen molar-refractivity contribution in [3.63, 3.8) is 0 Å². The molecule has 0 radical (unpaired) electrons. The maximum atomic E-state index is 5.92. The second-order valence-corrected chi connectivity index (χ2v) is 6.92. The maximum absolute atomic E-state index is 5.92. The van der Waals surface area contributed by atoms with Crippen LogP contribution < -0.4 is 4.74 Å². The van der Waals surface area contributed by atoms with E-state index < -0.39 is 0 Å². The molecule has 2 aromatic rings. The van der Waals surface area contributed by atoms with Crippen LogP contribution in [0.15, 0.2) is 28.2 Å². The highest BCUT2D eigenvalue weighted by Gasteiger charge is 2.20. The summed E-state index contributed by atoms with van der Waals surface area (Å²) in [6.45, 7) is 8.62. The van der Waals surface area contributed by atoms with Gasteiger partial charge in [0.1, 0.15) is 10.4 Å². The summed E-state index contributed by atoms with van der Waals surface area (Å²) in [6, 6.07) is 6.31. The highest BCUT2D eigenvalue weighted by Crippen LogP contribution is 2.36. The zero-order valence-electron chi connectivity index (χ0n) is 11.0. The van der Waals surface area contributed by atoms with Crippen LogP contribution in [0.2, 0.25) is 0 Å². The number of thiazole rings is 1. The number of benzene rings is 1. The summed E-state index contributed by atoms with van der Waals surface area (Å²) in [5.74, 6) is 0.893. The monoisotopic (exact) mass is 325 g/mol. The number of hydrogen-bond donors (Lipinski definition) is 0. The minimum atomic E-state index is 0.0531. The number of hydrogen-bond acceptors (Lipinski definition) is 3. The van der Waals surface area contributed by atoms with Gasteiger partial charge in [-0.05, 0) is 39.9 Å². The Kier molecular flexibility index (Phi) is 3.78. The Morgan fingerprint density at radius 3 is 2.56 bits per heavy atom. The molecule has 96 valence electrons. The lowest BCUT2D eigenvalue weighted by Gasteiger charge is -2.22. The van der Waals surface area contributed by atoms with Crippen molar-refractivity contribution >= 4 is 27.3 Å². The summed E-state index contributed by atoms with van der Waals surface area (Å²) < 4.78 is 6.73. The first-order valence-corrected chi connectivity index (χ1v) is 7.43. The number of rotatable bonds is 2. The number of aromatic nitrogens is 1. The Morgan fingerprint density at radius 1 is 1.28 bits per heavy atom. The van der Waals surface area contributed by atoms with Crippen molar-refractivity contribution in [2.75, 3.05) is 0 Å². The lowest BCUT2D eigenvalue weighted by atomic mass is 9.86. The van der Waals surface area contributed by atoms with Crippen molar-refractivity contribution in [3.05, 3.63) is 39.3 Å². The molecule has 0 atom stereocenters. The van der Waals surface area contributed by atoms with Gasteiger partial charge >= 0.3 is 0 Å². The van der Waals surface area contributed by atoms with Crippen LogP contribution in [0.25, 0.3) is 0 Å². The van der Waals surface area contributed by atoms with Gasteiger partial charge in [-0.2, -0.15) is 4.98 Å². The van der Waals surface area contributed by atoms with Gasteiger partial charge in [0.15, 0.2) is 0 Å². The largest absolute Gasteiger partial charge is 0.431 e. The minimum Gasteiger partial charge on any atom is -0.431 e. The van der Waals surface area contributed by atoms with E-state index in [2.05, 4.69) is 66.8 Å². The number of aryl methyl sites for hydroxylation is 1. The third kappa shape index (κ3) is 3.12. The van der Waals surface area contributed by atoms with Gasteiger partial charge in [0.05, 0.1) is 0 Å². The number of halogens is 1. The minimum absolute atomic E-state index is 0.0531. The standard InChI is InChI=1S/C14H16BrNOS/c1-9-5-6-10(14(2,3)4)11(7-9)17-13-16-12(15)8-18-13/h5-8H,1-4H3. The summed E-state index contributed by atoms with van der Waals surface area (Å²) in [5, 5.41) is 2.58. The van der Waals surface area contributed by atoms with E-state index in [4.69, 9.17) is 4.74 Å². The van der Waals surface area contributed by atoms with Gasteiger partial charge in [0, 0.05) is 10.9 Å². The molecule has 0 spiro atoms. The Morgan fingerprint density at radius 2 is 2.00 bits per heavy atom. The number of nitrogens with zero attached hydrogens (tertiary/aromatic N) is 1. The summed E-state index contributed by atoms with van der Waals surface area (Å²) in [4.78, 5) is 4.27. The van der Waals surface area contributed by atoms with E-state index in [0.717, 1.165) is 10.4 Å². The SMILES string of the molecule is Cc1ccc(C(C)(C)C)c(Oc2nc(Br)cs2)c1. The molecule has 0 N–H and O–H groups in total. The molecule has 1 aromatic heterocycles. The van der Waals surface area contributed by atoms with Crippen molar-refractivity contribution in [2.45, 2.75) is 33.1 Å². The smallest absolute Gasteiger partial charge is 0.279 e. The van der Waals surface area contributed by atoms with Crippen LogP contribution in [0.4, 0.5) is 0 Å². The van der Waals surface area contributed by atoms with Gasteiger partial charge in [-0.3, -0.25) is 0 Å². The Balaban J connectivity index is 2.39. The Bertz CT molecular complexity index is 557. The molecule has 0 aliphatic rings. The van der Waals surface area contributed by atoms with Crippen LogP contribution >= 0.6 is 27.3 Å². The molecule has 0 saturated carbocycles. The molecule has 1 aromatic carbocycles. The third-order valence-electron chi connectivity index (χ3n) is 2.60.